The maximum atomic E-state index is 13.8. The number of thiazole rings is 1. The van der Waals surface area contributed by atoms with Gasteiger partial charge in [0.15, 0.2) is 16.5 Å². The highest BCUT2D eigenvalue weighted by Gasteiger charge is 2.50. The van der Waals surface area contributed by atoms with Gasteiger partial charge in [-0.2, -0.15) is 26.3 Å². The second-order valence-electron chi connectivity index (χ2n) is 7.71. The van der Waals surface area contributed by atoms with Crippen LogP contribution in [0.1, 0.15) is 35.7 Å². The minimum atomic E-state index is -4.74. The number of nitrogens with one attached hydrogen (secondary N) is 2. The highest BCUT2D eigenvalue weighted by atomic mass is 32.1. The van der Waals surface area contributed by atoms with E-state index in [9.17, 15) is 35.1 Å². The van der Waals surface area contributed by atoms with Crippen LogP contribution in [0.15, 0.2) is 33.7 Å². The fraction of sp³-hybridized carbons (Fsp3) is 0.444. The minimum Gasteiger partial charge on any atom is -0.326 e. The maximum Gasteiger partial charge on any atom is 0.434 e. The lowest BCUT2D eigenvalue weighted by atomic mass is 9.99. The first-order valence-electron chi connectivity index (χ1n) is 9.61. The van der Waals surface area contributed by atoms with Gasteiger partial charge in [-0.15, -0.1) is 11.3 Å². The molecule has 1 saturated carbocycles. The van der Waals surface area contributed by atoms with Gasteiger partial charge in [-0.1, -0.05) is 0 Å². The van der Waals surface area contributed by atoms with Crippen LogP contribution in [0.5, 0.6) is 0 Å². The lowest BCUT2D eigenvalue weighted by Crippen LogP contribution is -2.53. The van der Waals surface area contributed by atoms with Gasteiger partial charge in [-0.05, 0) is 18.6 Å². The number of nitrogens with two attached hydrogens (primary N) is 1. The van der Waals surface area contributed by atoms with Crippen molar-refractivity contribution in [3.05, 3.63) is 40.1 Å². The van der Waals surface area contributed by atoms with E-state index in [0.29, 0.717) is 17.4 Å². The van der Waals surface area contributed by atoms with Crippen molar-refractivity contribution in [3.63, 3.8) is 0 Å². The van der Waals surface area contributed by atoms with Crippen LogP contribution < -0.4 is 16.4 Å². The van der Waals surface area contributed by atoms with Crippen molar-refractivity contribution in [2.45, 2.75) is 43.3 Å². The summed E-state index contributed by atoms with van der Waals surface area (Å²) in [4.78, 5) is 14.9. The Morgan fingerprint density at radius 3 is 2.38 bits per heavy atom. The number of aromatic nitrogens is 2. The summed E-state index contributed by atoms with van der Waals surface area (Å²) in [6.45, 7) is 0. The summed E-state index contributed by atoms with van der Waals surface area (Å²) in [7, 11) is 0. The monoisotopic (exact) mass is 513 g/mol. The molecule has 16 heteroatoms. The molecule has 4 N–H and O–H groups in total. The van der Waals surface area contributed by atoms with Gasteiger partial charge in [0.25, 0.3) is 0 Å². The first-order chi connectivity index (χ1) is 15.6. The third-order valence-electron chi connectivity index (χ3n) is 5.13. The largest absolute Gasteiger partial charge is 0.434 e. The van der Waals surface area contributed by atoms with Crippen LogP contribution >= 0.6 is 11.3 Å². The Kier molecular flexibility index (Phi) is 5.78. The van der Waals surface area contributed by atoms with Gasteiger partial charge in [0.2, 0.25) is 17.7 Å². The summed E-state index contributed by atoms with van der Waals surface area (Å²) >= 11 is 0.571. The van der Waals surface area contributed by atoms with Gasteiger partial charge in [0.05, 0.1) is 0 Å². The Balaban J connectivity index is 1.69. The molecule has 2 aromatic heterocycles. The number of alkyl halides is 8. The van der Waals surface area contributed by atoms with Crippen LogP contribution in [0.25, 0.3) is 0 Å². The second-order valence-corrected chi connectivity index (χ2v) is 8.57. The highest BCUT2D eigenvalue weighted by Crippen LogP contribution is 2.44. The molecule has 0 bridgehead atoms. The van der Waals surface area contributed by atoms with Crippen LogP contribution in [0.2, 0.25) is 0 Å². The minimum absolute atomic E-state index is 0.0732. The predicted octanol–water partition coefficient (Wildman–Crippen LogP) is 4.44. The van der Waals surface area contributed by atoms with Gasteiger partial charge in [-0.3, -0.25) is 10.7 Å². The van der Waals surface area contributed by atoms with E-state index in [1.54, 1.807) is 0 Å². The van der Waals surface area contributed by atoms with Gasteiger partial charge in [0.1, 0.15) is 5.69 Å². The summed E-state index contributed by atoms with van der Waals surface area (Å²) in [5, 5.41) is 5.55. The number of aliphatic imine (C=N–C) groups is 2. The summed E-state index contributed by atoms with van der Waals surface area (Å²) in [6, 6.07) is 1.85. The molecule has 1 aliphatic carbocycles. The van der Waals surface area contributed by atoms with E-state index in [-0.39, 0.29) is 28.9 Å². The number of anilines is 1. The zero-order chi connectivity index (χ0) is 24.9. The van der Waals surface area contributed by atoms with Crippen molar-refractivity contribution in [2.24, 2.45) is 21.6 Å². The Bertz CT molecular complexity index is 1140. The lowest BCUT2D eigenvalue weighted by molar-refractivity contribution is -0.141. The molecule has 1 fully saturated rings. The van der Waals surface area contributed by atoms with Crippen LogP contribution in [0, 0.1) is 5.92 Å². The number of nitrogens with zero attached hydrogens (tertiary/aromatic N) is 4. The molecule has 0 spiro atoms. The lowest BCUT2D eigenvalue weighted by Gasteiger charge is -2.32. The van der Waals surface area contributed by atoms with Gasteiger partial charge < -0.3 is 10.6 Å². The number of hydrogen-bond donors (Lipinski definition) is 3. The molecule has 2 aliphatic rings. The van der Waals surface area contributed by atoms with E-state index >= 15 is 0 Å². The highest BCUT2D eigenvalue weighted by molar-refractivity contribution is 7.11. The number of hydrogen-bond acceptors (Lipinski definition) is 8. The second kappa shape index (κ2) is 8.11. The first-order valence-corrected chi connectivity index (χ1v) is 10.5. The van der Waals surface area contributed by atoms with Gasteiger partial charge >= 0.3 is 12.4 Å². The Morgan fingerprint density at radius 2 is 1.79 bits per heavy atom. The van der Waals surface area contributed by atoms with Crippen LogP contribution in [0.3, 0.4) is 0 Å². The number of halogens is 8. The summed E-state index contributed by atoms with van der Waals surface area (Å²) in [6.07, 6.45) is -9.83. The molecule has 184 valence electrons. The Morgan fingerprint density at radius 1 is 1.09 bits per heavy atom. The molecular weight excluding hydrogens is 498 g/mol. The number of guanidine groups is 1. The topological polar surface area (TPSA) is 101 Å². The van der Waals surface area contributed by atoms with Crippen molar-refractivity contribution < 1.29 is 35.1 Å². The zero-order valence-electron chi connectivity index (χ0n) is 16.8. The number of rotatable bonds is 3. The zero-order valence-corrected chi connectivity index (χ0v) is 17.6. The smallest absolute Gasteiger partial charge is 0.326 e. The first kappa shape index (κ1) is 24.3. The SMILES string of the molecule is NC1(C2CCC(F)(F)C2)N=C(Nc2ccnc(C(F)(F)F)c2)NC(c2nc(C(F)(F)F)cs2)=N1. The van der Waals surface area contributed by atoms with E-state index in [1.807, 2.05) is 0 Å². The molecule has 0 aromatic carbocycles. The Labute approximate surface area is 190 Å². The van der Waals surface area contributed by atoms with Crippen molar-refractivity contribution in [1.29, 1.82) is 0 Å². The number of amidine groups is 1. The molecule has 2 atom stereocenters. The van der Waals surface area contributed by atoms with Crippen molar-refractivity contribution in [3.8, 4) is 0 Å². The van der Waals surface area contributed by atoms with Crippen LogP contribution in [-0.2, 0) is 12.4 Å². The molecule has 0 radical (unpaired) electrons. The molecule has 3 heterocycles. The van der Waals surface area contributed by atoms with Crippen LogP contribution in [0.4, 0.5) is 40.8 Å². The van der Waals surface area contributed by atoms with Crippen molar-refractivity contribution in [2.75, 3.05) is 5.32 Å². The summed E-state index contributed by atoms with van der Waals surface area (Å²) in [5.41, 5.74) is 3.67. The van der Waals surface area contributed by atoms with E-state index in [4.69, 9.17) is 5.73 Å². The Hall–Kier alpha value is -2.88. The quantitative estimate of drug-likeness (QED) is 0.527. The summed E-state index contributed by atoms with van der Waals surface area (Å²) in [5.74, 6) is -6.63. The van der Waals surface area contributed by atoms with Crippen LogP contribution in [-0.4, -0.2) is 33.5 Å². The molecule has 7 nitrogen and oxygen atoms in total. The molecular formula is C18H15F8N7S. The number of pyridine rings is 1. The molecule has 34 heavy (non-hydrogen) atoms. The van der Waals surface area contributed by atoms with E-state index in [2.05, 4.69) is 30.6 Å². The van der Waals surface area contributed by atoms with Crippen molar-refractivity contribution >= 4 is 28.8 Å². The molecule has 0 saturated heterocycles. The summed E-state index contributed by atoms with van der Waals surface area (Å²) < 4.78 is 106. The standard InChI is InChI=1S/C18H15F8N7S/c19-15(20)3-1-8(6-15)18(27)32-12(13-30-11(7-34-13)17(24,25)26)31-14(33-18)29-9-2-4-28-10(5-9)16(21,22)23/h2,4-5,7-8H,1,3,6,27H2,(H2,28,29,31,32,33). The van der Waals surface area contributed by atoms with E-state index in [1.165, 1.54) is 6.07 Å². The molecule has 1 aliphatic heterocycles. The third-order valence-corrected chi connectivity index (χ3v) is 5.98. The fourth-order valence-corrected chi connectivity index (χ4v) is 4.29. The van der Waals surface area contributed by atoms with E-state index in [0.717, 1.165) is 11.6 Å². The maximum absolute atomic E-state index is 13.8. The van der Waals surface area contributed by atoms with Gasteiger partial charge in [-0.25, -0.2) is 23.7 Å². The fourth-order valence-electron chi connectivity index (χ4n) is 3.52. The van der Waals surface area contributed by atoms with Gasteiger partial charge in [0, 0.05) is 36.0 Å². The average Bonchev–Trinajstić information content (AvgIpc) is 3.34. The predicted molar refractivity (Wildman–Crippen MR) is 106 cm³/mol. The molecule has 2 unspecified atom stereocenters. The van der Waals surface area contributed by atoms with E-state index < -0.39 is 54.2 Å². The van der Waals surface area contributed by atoms with Crippen molar-refractivity contribution in [1.82, 2.24) is 15.3 Å². The molecule has 4 rings (SSSR count). The third kappa shape index (κ3) is 5.11. The normalized spacial score (nSPS) is 24.9. The average molecular weight is 513 g/mol. The molecule has 0 amide bonds. The molecule has 2 aromatic rings.